The van der Waals surface area contributed by atoms with Crippen LogP contribution in [0.1, 0.15) is 12.8 Å². The van der Waals surface area contributed by atoms with Crippen molar-refractivity contribution in [1.82, 2.24) is 0 Å². The Hall–Kier alpha value is -1.05. The van der Waals surface area contributed by atoms with E-state index in [0.29, 0.717) is 6.42 Å². The summed E-state index contributed by atoms with van der Waals surface area (Å²) in [6.45, 7) is 3.32. The van der Waals surface area contributed by atoms with Crippen LogP contribution in [0.3, 0.4) is 0 Å². The molecule has 0 radical (unpaired) electrons. The number of carboxylic acids is 1. The van der Waals surface area contributed by atoms with Crippen molar-refractivity contribution in [2.24, 2.45) is 5.73 Å². The number of carboxylic acid groups (broad SMARTS) is 1. The molecule has 0 aliphatic carbocycles. The van der Waals surface area contributed by atoms with Crippen LogP contribution in [0.15, 0.2) is 18.4 Å². The normalized spacial score (nSPS) is 11.7. The zero-order valence-corrected chi connectivity index (χ0v) is 5.71. The first-order chi connectivity index (χ1) is 4.66. The van der Waals surface area contributed by atoms with Gasteiger partial charge in [0.05, 0.1) is 0 Å². The predicted molar refractivity (Wildman–Crippen MR) is 38.6 cm³/mol. The summed E-state index contributed by atoms with van der Waals surface area (Å²) in [6, 6.07) is -0.228. The molecule has 0 aliphatic rings. The van der Waals surface area contributed by atoms with Crippen LogP contribution in [0, 0.1) is 0 Å². The lowest BCUT2D eigenvalue weighted by atomic mass is 10.2. The van der Waals surface area contributed by atoms with Crippen molar-refractivity contribution in [3.05, 3.63) is 18.4 Å². The highest BCUT2D eigenvalue weighted by Gasteiger charge is 2.00. The third-order valence-corrected chi connectivity index (χ3v) is 1.02. The Balaban J connectivity index is 3.48. The number of aliphatic carboxylic acids is 1. The van der Waals surface area contributed by atoms with Crippen LogP contribution in [0.2, 0.25) is 0 Å². The fourth-order valence-electron chi connectivity index (χ4n) is 0.525. The quantitative estimate of drug-likeness (QED) is 0.561. The number of rotatable bonds is 4. The Kier molecular flexibility index (Phi) is 4.29. The summed E-state index contributed by atoms with van der Waals surface area (Å²) in [6.07, 6.45) is 2.10. The van der Waals surface area contributed by atoms with Gasteiger partial charge in [0.1, 0.15) is 0 Å². The van der Waals surface area contributed by atoms with Gasteiger partial charge in [0.2, 0.25) is 0 Å². The van der Waals surface area contributed by atoms with E-state index in [9.17, 15) is 4.79 Å². The summed E-state index contributed by atoms with van der Waals surface area (Å²) in [4.78, 5) is 10.0. The molecule has 0 saturated heterocycles. The lowest BCUT2D eigenvalue weighted by molar-refractivity contribution is -0.137. The van der Waals surface area contributed by atoms with E-state index in [0.717, 1.165) is 0 Å². The fourth-order valence-corrected chi connectivity index (χ4v) is 0.525. The highest BCUT2D eigenvalue weighted by Crippen LogP contribution is 1.94. The van der Waals surface area contributed by atoms with Gasteiger partial charge in [0.15, 0.2) is 0 Å². The molecule has 0 aromatic rings. The van der Waals surface area contributed by atoms with Crippen LogP contribution in [0.25, 0.3) is 0 Å². The van der Waals surface area contributed by atoms with Crippen LogP contribution in [0.5, 0.6) is 0 Å². The molecule has 1 atom stereocenters. The molecule has 0 fully saturated rings. The van der Waals surface area contributed by atoms with Crippen LogP contribution in [-0.4, -0.2) is 17.1 Å². The van der Waals surface area contributed by atoms with Gasteiger partial charge in [-0.3, -0.25) is 4.79 Å². The zero-order valence-electron chi connectivity index (χ0n) is 5.71. The monoisotopic (exact) mass is 141 g/mol. The Morgan fingerprint density at radius 2 is 2.50 bits per heavy atom. The SMILES string of the molecule is C=C=CC(N)CCC(=O)O. The molecule has 0 aromatic carbocycles. The van der Waals surface area contributed by atoms with Crippen molar-refractivity contribution in [1.29, 1.82) is 0 Å². The minimum atomic E-state index is -0.826. The van der Waals surface area contributed by atoms with Gasteiger partial charge in [-0.25, -0.2) is 0 Å². The molecule has 3 N–H and O–H groups in total. The first-order valence-corrected chi connectivity index (χ1v) is 3.00. The number of nitrogens with two attached hydrogens (primary N) is 1. The van der Waals surface area contributed by atoms with Crippen LogP contribution in [0.4, 0.5) is 0 Å². The largest absolute Gasteiger partial charge is 0.481 e. The number of carbonyl (C=O) groups is 1. The van der Waals surface area contributed by atoms with Gasteiger partial charge in [0, 0.05) is 12.5 Å². The molecule has 0 spiro atoms. The Morgan fingerprint density at radius 1 is 1.90 bits per heavy atom. The van der Waals surface area contributed by atoms with E-state index in [1.165, 1.54) is 0 Å². The highest BCUT2D eigenvalue weighted by atomic mass is 16.4. The van der Waals surface area contributed by atoms with E-state index in [1.807, 2.05) is 0 Å². The first kappa shape index (κ1) is 8.95. The Labute approximate surface area is 59.8 Å². The number of hydrogen-bond donors (Lipinski definition) is 2. The molecule has 0 rings (SSSR count). The minimum Gasteiger partial charge on any atom is -0.481 e. The van der Waals surface area contributed by atoms with Crippen molar-refractivity contribution >= 4 is 5.97 Å². The molecule has 0 heterocycles. The standard InChI is InChI=1S/C7H11NO2/c1-2-3-6(8)4-5-7(9)10/h3,6H,1,4-5,8H2,(H,9,10). The summed E-state index contributed by atoms with van der Waals surface area (Å²) < 4.78 is 0. The average Bonchev–Trinajstić information content (AvgIpc) is 1.85. The van der Waals surface area contributed by atoms with E-state index in [1.54, 1.807) is 6.08 Å². The first-order valence-electron chi connectivity index (χ1n) is 3.00. The third-order valence-electron chi connectivity index (χ3n) is 1.02. The van der Waals surface area contributed by atoms with E-state index in [4.69, 9.17) is 10.8 Å². The second-order valence-corrected chi connectivity index (χ2v) is 1.97. The predicted octanol–water partition coefficient (Wildman–Crippen LogP) is 0.520. The van der Waals surface area contributed by atoms with Crippen molar-refractivity contribution in [2.45, 2.75) is 18.9 Å². The molecule has 1 unspecified atom stereocenters. The Morgan fingerprint density at radius 3 is 2.90 bits per heavy atom. The Bertz CT molecular complexity index is 159. The van der Waals surface area contributed by atoms with Gasteiger partial charge in [-0.05, 0) is 12.5 Å². The van der Waals surface area contributed by atoms with Gasteiger partial charge in [-0.1, -0.05) is 6.58 Å². The molecule has 0 amide bonds. The topological polar surface area (TPSA) is 63.3 Å². The van der Waals surface area contributed by atoms with Crippen LogP contribution >= 0.6 is 0 Å². The van der Waals surface area contributed by atoms with Crippen molar-refractivity contribution in [3.63, 3.8) is 0 Å². The molecule has 10 heavy (non-hydrogen) atoms. The molecule has 0 saturated carbocycles. The van der Waals surface area contributed by atoms with E-state index in [-0.39, 0.29) is 12.5 Å². The van der Waals surface area contributed by atoms with Gasteiger partial charge in [-0.15, -0.1) is 5.73 Å². The molecule has 0 bridgehead atoms. The van der Waals surface area contributed by atoms with Crippen molar-refractivity contribution in [2.75, 3.05) is 0 Å². The minimum absolute atomic E-state index is 0.0966. The zero-order chi connectivity index (χ0) is 7.98. The molecular weight excluding hydrogens is 130 g/mol. The van der Waals surface area contributed by atoms with Crippen LogP contribution in [-0.2, 0) is 4.79 Å². The highest BCUT2D eigenvalue weighted by molar-refractivity contribution is 5.66. The lowest BCUT2D eigenvalue weighted by Crippen LogP contribution is -2.17. The molecular formula is C7H11NO2. The fraction of sp³-hybridized carbons (Fsp3) is 0.429. The van der Waals surface area contributed by atoms with Gasteiger partial charge in [0.25, 0.3) is 0 Å². The maximum absolute atomic E-state index is 10.0. The summed E-state index contributed by atoms with van der Waals surface area (Å²) >= 11 is 0. The summed E-state index contributed by atoms with van der Waals surface area (Å²) in [5, 5.41) is 8.23. The number of hydrogen-bond acceptors (Lipinski definition) is 2. The molecule has 3 nitrogen and oxygen atoms in total. The van der Waals surface area contributed by atoms with E-state index in [2.05, 4.69) is 12.3 Å². The summed E-state index contributed by atoms with van der Waals surface area (Å²) in [5.41, 5.74) is 7.91. The molecule has 56 valence electrons. The molecule has 0 aliphatic heterocycles. The summed E-state index contributed by atoms with van der Waals surface area (Å²) in [7, 11) is 0. The van der Waals surface area contributed by atoms with E-state index < -0.39 is 5.97 Å². The molecule has 3 heteroatoms. The second kappa shape index (κ2) is 4.79. The van der Waals surface area contributed by atoms with Gasteiger partial charge >= 0.3 is 5.97 Å². The smallest absolute Gasteiger partial charge is 0.303 e. The average molecular weight is 141 g/mol. The molecule has 0 aromatic heterocycles. The van der Waals surface area contributed by atoms with Crippen LogP contribution < -0.4 is 5.73 Å². The third kappa shape index (κ3) is 5.09. The second-order valence-electron chi connectivity index (χ2n) is 1.97. The maximum Gasteiger partial charge on any atom is 0.303 e. The van der Waals surface area contributed by atoms with Crippen molar-refractivity contribution < 1.29 is 9.90 Å². The van der Waals surface area contributed by atoms with Crippen molar-refractivity contribution in [3.8, 4) is 0 Å². The lowest BCUT2D eigenvalue weighted by Gasteiger charge is -2.00. The summed E-state index contributed by atoms with van der Waals surface area (Å²) in [5.74, 6) is -0.826. The maximum atomic E-state index is 10.0. The van der Waals surface area contributed by atoms with Gasteiger partial charge in [-0.2, -0.15) is 0 Å². The van der Waals surface area contributed by atoms with E-state index >= 15 is 0 Å². The van der Waals surface area contributed by atoms with Gasteiger partial charge < -0.3 is 10.8 Å².